The van der Waals surface area contributed by atoms with E-state index in [1.807, 2.05) is 0 Å². The Morgan fingerprint density at radius 1 is 1.64 bits per heavy atom. The summed E-state index contributed by atoms with van der Waals surface area (Å²) in [6.07, 6.45) is 6.01. The summed E-state index contributed by atoms with van der Waals surface area (Å²) in [5.41, 5.74) is 0. The summed E-state index contributed by atoms with van der Waals surface area (Å²) in [5, 5.41) is 12.1. The van der Waals surface area contributed by atoms with Crippen LogP contribution in [-0.4, -0.2) is 17.4 Å². The molecule has 14 heavy (non-hydrogen) atoms. The summed E-state index contributed by atoms with van der Waals surface area (Å²) in [7, 11) is 0. The predicted molar refractivity (Wildman–Crippen MR) is 62.4 cm³/mol. The molecule has 0 aromatic carbocycles. The fourth-order valence-electron chi connectivity index (χ4n) is 2.01. The van der Waals surface area contributed by atoms with E-state index in [1.54, 1.807) is 0 Å². The van der Waals surface area contributed by atoms with Crippen LogP contribution < -0.4 is 5.32 Å². The molecule has 3 atom stereocenters. The van der Waals surface area contributed by atoms with Gasteiger partial charge in [-0.05, 0) is 31.7 Å². The second-order valence-corrected chi connectivity index (χ2v) is 5.25. The molecule has 0 saturated carbocycles. The molecule has 0 aromatic rings. The van der Waals surface area contributed by atoms with E-state index >= 15 is 0 Å². The smallest absolute Gasteiger partial charge is 0.0956 e. The topological polar surface area (TPSA) is 35.8 Å². The maximum atomic E-state index is 8.84. The molecule has 0 spiro atoms. The predicted octanol–water partition coefficient (Wildman–Crippen LogP) is 2.83. The lowest BCUT2D eigenvalue weighted by molar-refractivity contribution is 0.324. The summed E-state index contributed by atoms with van der Waals surface area (Å²) in [6.45, 7) is 3.22. The zero-order valence-corrected chi connectivity index (χ0v) is 10.4. The SMILES string of the molecule is CCCCC(Br)C1CCNC(C#N)C1. The molecular formula is C11H19BrN2. The first-order valence-electron chi connectivity index (χ1n) is 5.55. The molecule has 1 heterocycles. The standard InChI is InChI=1S/C11H19BrN2/c1-2-3-4-11(12)9-5-6-14-10(7-9)8-13/h9-11,14H,2-7H2,1H3. The molecule has 3 unspecified atom stereocenters. The lowest BCUT2D eigenvalue weighted by Gasteiger charge is -2.29. The van der Waals surface area contributed by atoms with Crippen LogP contribution in [-0.2, 0) is 0 Å². The first-order chi connectivity index (χ1) is 6.77. The van der Waals surface area contributed by atoms with Gasteiger partial charge in [-0.25, -0.2) is 0 Å². The van der Waals surface area contributed by atoms with Crippen molar-refractivity contribution in [3.8, 4) is 6.07 Å². The number of alkyl halides is 1. The second-order valence-electron chi connectivity index (χ2n) is 4.08. The van der Waals surface area contributed by atoms with Crippen LogP contribution in [0.3, 0.4) is 0 Å². The van der Waals surface area contributed by atoms with Crippen LogP contribution in [0.2, 0.25) is 0 Å². The fraction of sp³-hybridized carbons (Fsp3) is 0.909. The number of nitrogens with one attached hydrogen (secondary N) is 1. The third-order valence-corrected chi connectivity index (χ3v) is 4.15. The minimum atomic E-state index is 0.0791. The third kappa shape index (κ3) is 3.59. The first-order valence-corrected chi connectivity index (χ1v) is 6.46. The lowest BCUT2D eigenvalue weighted by Crippen LogP contribution is -2.39. The van der Waals surface area contributed by atoms with Crippen LogP contribution in [0.1, 0.15) is 39.0 Å². The highest BCUT2D eigenvalue weighted by atomic mass is 79.9. The third-order valence-electron chi connectivity index (χ3n) is 2.95. The van der Waals surface area contributed by atoms with Gasteiger partial charge in [0.2, 0.25) is 0 Å². The van der Waals surface area contributed by atoms with Crippen molar-refractivity contribution in [3.05, 3.63) is 0 Å². The van der Waals surface area contributed by atoms with E-state index in [0.717, 1.165) is 13.0 Å². The highest BCUT2D eigenvalue weighted by molar-refractivity contribution is 9.09. The molecule has 0 aromatic heterocycles. The first kappa shape index (κ1) is 12.0. The maximum absolute atomic E-state index is 8.84. The van der Waals surface area contributed by atoms with E-state index in [0.29, 0.717) is 10.7 Å². The number of hydrogen-bond acceptors (Lipinski definition) is 2. The van der Waals surface area contributed by atoms with E-state index in [9.17, 15) is 0 Å². The van der Waals surface area contributed by atoms with Gasteiger partial charge in [0.1, 0.15) is 0 Å². The molecule has 2 nitrogen and oxygen atoms in total. The Morgan fingerprint density at radius 2 is 2.43 bits per heavy atom. The Hall–Kier alpha value is -0.0700. The van der Waals surface area contributed by atoms with Crippen molar-refractivity contribution in [2.45, 2.75) is 49.9 Å². The van der Waals surface area contributed by atoms with Gasteiger partial charge in [-0.3, -0.25) is 0 Å². The summed E-state index contributed by atoms with van der Waals surface area (Å²) in [4.78, 5) is 0.611. The molecule has 0 bridgehead atoms. The van der Waals surface area contributed by atoms with E-state index in [1.165, 1.54) is 25.7 Å². The number of halogens is 1. The van der Waals surface area contributed by atoms with Gasteiger partial charge in [0.15, 0.2) is 0 Å². The van der Waals surface area contributed by atoms with Crippen molar-refractivity contribution in [1.29, 1.82) is 5.26 Å². The van der Waals surface area contributed by atoms with Crippen molar-refractivity contribution >= 4 is 15.9 Å². The van der Waals surface area contributed by atoms with E-state index < -0.39 is 0 Å². The summed E-state index contributed by atoms with van der Waals surface area (Å²) in [5.74, 6) is 0.687. The Kier molecular flexibility index (Phi) is 5.50. The van der Waals surface area contributed by atoms with Gasteiger partial charge >= 0.3 is 0 Å². The number of piperidine rings is 1. The highest BCUT2D eigenvalue weighted by Gasteiger charge is 2.25. The number of nitriles is 1. The van der Waals surface area contributed by atoms with Crippen molar-refractivity contribution in [1.82, 2.24) is 5.32 Å². The van der Waals surface area contributed by atoms with Crippen molar-refractivity contribution in [2.75, 3.05) is 6.54 Å². The molecule has 3 heteroatoms. The molecule has 80 valence electrons. The minimum Gasteiger partial charge on any atom is -0.302 e. The van der Waals surface area contributed by atoms with E-state index in [2.05, 4.69) is 34.2 Å². The van der Waals surface area contributed by atoms with Gasteiger partial charge in [0.25, 0.3) is 0 Å². The Bertz CT molecular complexity index is 200. The van der Waals surface area contributed by atoms with Crippen molar-refractivity contribution in [3.63, 3.8) is 0 Å². The molecule has 0 radical (unpaired) electrons. The summed E-state index contributed by atoms with van der Waals surface area (Å²) < 4.78 is 0. The summed E-state index contributed by atoms with van der Waals surface area (Å²) >= 11 is 3.76. The van der Waals surface area contributed by atoms with E-state index in [4.69, 9.17) is 5.26 Å². The van der Waals surface area contributed by atoms with Crippen molar-refractivity contribution in [2.24, 2.45) is 5.92 Å². The lowest BCUT2D eigenvalue weighted by atomic mass is 9.88. The molecule has 0 amide bonds. The second kappa shape index (κ2) is 6.42. The molecule has 1 saturated heterocycles. The van der Waals surface area contributed by atoms with Crippen LogP contribution in [0.15, 0.2) is 0 Å². The van der Waals surface area contributed by atoms with Crippen LogP contribution in [0.4, 0.5) is 0 Å². The van der Waals surface area contributed by atoms with Gasteiger partial charge in [0, 0.05) is 4.83 Å². The zero-order chi connectivity index (χ0) is 10.4. The van der Waals surface area contributed by atoms with Crippen LogP contribution in [0.25, 0.3) is 0 Å². The Morgan fingerprint density at radius 3 is 3.07 bits per heavy atom. The summed E-state index contributed by atoms with van der Waals surface area (Å²) in [6, 6.07) is 2.39. The van der Waals surface area contributed by atoms with Gasteiger partial charge in [0.05, 0.1) is 12.1 Å². The number of nitrogens with zero attached hydrogens (tertiary/aromatic N) is 1. The largest absolute Gasteiger partial charge is 0.302 e. The fourth-order valence-corrected chi connectivity index (χ4v) is 2.81. The van der Waals surface area contributed by atoms with Crippen molar-refractivity contribution < 1.29 is 0 Å². The molecule has 1 aliphatic rings. The van der Waals surface area contributed by atoms with Gasteiger partial charge < -0.3 is 5.32 Å². The molecule has 1 fully saturated rings. The molecule has 1 aliphatic heterocycles. The quantitative estimate of drug-likeness (QED) is 0.788. The number of hydrogen-bond donors (Lipinski definition) is 1. The van der Waals surface area contributed by atoms with Gasteiger partial charge in [-0.15, -0.1) is 0 Å². The average molecular weight is 259 g/mol. The maximum Gasteiger partial charge on any atom is 0.0956 e. The Balaban J connectivity index is 2.32. The van der Waals surface area contributed by atoms with Gasteiger partial charge in [-0.1, -0.05) is 35.7 Å². The van der Waals surface area contributed by atoms with E-state index in [-0.39, 0.29) is 6.04 Å². The van der Waals surface area contributed by atoms with Crippen LogP contribution in [0, 0.1) is 17.2 Å². The molecule has 0 aliphatic carbocycles. The van der Waals surface area contributed by atoms with Gasteiger partial charge in [-0.2, -0.15) is 5.26 Å². The average Bonchev–Trinajstić information content (AvgIpc) is 2.26. The molecule has 1 rings (SSSR count). The molecule has 1 N–H and O–H groups in total. The van der Waals surface area contributed by atoms with Crippen LogP contribution in [0.5, 0.6) is 0 Å². The molecular weight excluding hydrogens is 240 g/mol. The zero-order valence-electron chi connectivity index (χ0n) is 8.80. The Labute approximate surface area is 95.2 Å². The number of unbranched alkanes of at least 4 members (excludes halogenated alkanes) is 1. The normalized spacial score (nSPS) is 29.5. The number of rotatable bonds is 4. The highest BCUT2D eigenvalue weighted by Crippen LogP contribution is 2.28. The minimum absolute atomic E-state index is 0.0791. The monoisotopic (exact) mass is 258 g/mol. The van der Waals surface area contributed by atoms with Crippen LogP contribution >= 0.6 is 15.9 Å².